The molecule has 4 nitrogen and oxygen atoms in total. The number of carbonyl (C=O) groups is 1. The van der Waals surface area contributed by atoms with E-state index >= 15 is 0 Å². The Labute approximate surface area is 153 Å². The van der Waals surface area contributed by atoms with Gasteiger partial charge in [-0.05, 0) is 42.5 Å². The normalized spacial score (nSPS) is 10.2. The van der Waals surface area contributed by atoms with E-state index < -0.39 is 0 Å². The maximum atomic E-state index is 12.6. The Morgan fingerprint density at radius 1 is 0.808 bits per heavy atom. The van der Waals surface area contributed by atoms with Gasteiger partial charge in [0.1, 0.15) is 23.9 Å². The van der Waals surface area contributed by atoms with Crippen LogP contribution in [0.5, 0.6) is 17.2 Å². The van der Waals surface area contributed by atoms with E-state index in [0.29, 0.717) is 24.5 Å². The summed E-state index contributed by atoms with van der Waals surface area (Å²) in [5.74, 6) is 2.10. The first-order valence-corrected chi connectivity index (χ1v) is 8.48. The summed E-state index contributed by atoms with van der Waals surface area (Å²) < 4.78 is 11.4. The third-order valence-electron chi connectivity index (χ3n) is 3.85. The van der Waals surface area contributed by atoms with Crippen molar-refractivity contribution in [1.82, 2.24) is 4.90 Å². The van der Waals surface area contributed by atoms with Crippen molar-refractivity contribution in [2.75, 3.05) is 20.2 Å². The number of ether oxygens (including phenoxy) is 2. The highest BCUT2D eigenvalue weighted by Gasteiger charge is 2.12. The van der Waals surface area contributed by atoms with Crippen LogP contribution in [0.3, 0.4) is 0 Å². The van der Waals surface area contributed by atoms with Gasteiger partial charge < -0.3 is 14.4 Å². The zero-order valence-corrected chi connectivity index (χ0v) is 14.7. The number of rotatable bonds is 7. The number of carbonyl (C=O) groups excluding carboxylic acids is 1. The predicted molar refractivity (Wildman–Crippen MR) is 102 cm³/mol. The van der Waals surface area contributed by atoms with Crippen LogP contribution in [0.4, 0.5) is 0 Å². The summed E-state index contributed by atoms with van der Waals surface area (Å²) in [4.78, 5) is 14.2. The molecule has 0 heterocycles. The van der Waals surface area contributed by atoms with Crippen molar-refractivity contribution >= 4 is 5.91 Å². The molecule has 3 aromatic rings. The first kappa shape index (κ1) is 17.5. The van der Waals surface area contributed by atoms with Crippen LogP contribution < -0.4 is 9.47 Å². The zero-order chi connectivity index (χ0) is 18.2. The molecule has 0 radical (unpaired) electrons. The molecule has 0 aliphatic rings. The highest BCUT2D eigenvalue weighted by atomic mass is 16.5. The number of nitrogens with zero attached hydrogens (tertiary/aromatic N) is 1. The van der Waals surface area contributed by atoms with Gasteiger partial charge in [-0.15, -0.1) is 0 Å². The molecule has 0 aliphatic carbocycles. The van der Waals surface area contributed by atoms with Crippen LogP contribution >= 0.6 is 0 Å². The monoisotopic (exact) mass is 347 g/mol. The molecule has 0 N–H and O–H groups in total. The second kappa shape index (κ2) is 8.72. The van der Waals surface area contributed by atoms with Gasteiger partial charge in [0.05, 0.1) is 6.54 Å². The summed E-state index contributed by atoms with van der Waals surface area (Å²) >= 11 is 0. The number of hydrogen-bond donors (Lipinski definition) is 0. The Kier molecular flexibility index (Phi) is 5.88. The summed E-state index contributed by atoms with van der Waals surface area (Å²) in [6.07, 6.45) is 0. The van der Waals surface area contributed by atoms with Crippen molar-refractivity contribution in [3.63, 3.8) is 0 Å². The molecule has 3 rings (SSSR count). The van der Waals surface area contributed by atoms with Crippen molar-refractivity contribution in [2.24, 2.45) is 0 Å². The van der Waals surface area contributed by atoms with Crippen LogP contribution in [0.25, 0.3) is 0 Å². The van der Waals surface area contributed by atoms with E-state index in [1.807, 2.05) is 72.8 Å². The van der Waals surface area contributed by atoms with Crippen LogP contribution in [-0.2, 0) is 0 Å². The second-order valence-corrected chi connectivity index (χ2v) is 5.83. The summed E-state index contributed by atoms with van der Waals surface area (Å²) in [6, 6.07) is 26.3. The fourth-order valence-corrected chi connectivity index (χ4v) is 2.46. The van der Waals surface area contributed by atoms with Crippen molar-refractivity contribution in [2.45, 2.75) is 0 Å². The molecule has 0 fully saturated rings. The number of amides is 1. The lowest BCUT2D eigenvalue weighted by atomic mass is 10.2. The molecule has 0 aliphatic heterocycles. The Hall–Kier alpha value is -3.27. The van der Waals surface area contributed by atoms with Crippen molar-refractivity contribution in [3.05, 3.63) is 90.5 Å². The molecule has 0 bridgehead atoms. The summed E-state index contributed by atoms with van der Waals surface area (Å²) in [6.45, 7) is 0.934. The minimum atomic E-state index is -0.0693. The van der Waals surface area contributed by atoms with Gasteiger partial charge in [0.25, 0.3) is 5.91 Å². The van der Waals surface area contributed by atoms with Gasteiger partial charge >= 0.3 is 0 Å². The third kappa shape index (κ3) is 4.86. The van der Waals surface area contributed by atoms with Gasteiger partial charge in [0.2, 0.25) is 0 Å². The van der Waals surface area contributed by atoms with Crippen LogP contribution in [0.2, 0.25) is 0 Å². The zero-order valence-electron chi connectivity index (χ0n) is 14.7. The molecule has 4 heteroatoms. The summed E-state index contributed by atoms with van der Waals surface area (Å²) in [5.41, 5.74) is 0.584. The van der Waals surface area contributed by atoms with E-state index in [-0.39, 0.29) is 5.91 Å². The fourth-order valence-electron chi connectivity index (χ4n) is 2.46. The van der Waals surface area contributed by atoms with Gasteiger partial charge in [0, 0.05) is 12.6 Å². The Balaban J connectivity index is 1.57. The van der Waals surface area contributed by atoms with E-state index in [1.165, 1.54) is 0 Å². The lowest BCUT2D eigenvalue weighted by Gasteiger charge is -2.18. The third-order valence-corrected chi connectivity index (χ3v) is 3.85. The molecule has 0 atom stereocenters. The summed E-state index contributed by atoms with van der Waals surface area (Å²) in [7, 11) is 1.77. The van der Waals surface area contributed by atoms with Gasteiger partial charge in [-0.3, -0.25) is 4.79 Å². The second-order valence-electron chi connectivity index (χ2n) is 5.83. The van der Waals surface area contributed by atoms with Crippen LogP contribution in [0.1, 0.15) is 10.4 Å². The van der Waals surface area contributed by atoms with E-state index in [2.05, 4.69) is 0 Å². The predicted octanol–water partition coefficient (Wildman–Crippen LogP) is 4.63. The Morgan fingerprint density at radius 3 is 2.12 bits per heavy atom. The van der Waals surface area contributed by atoms with Crippen molar-refractivity contribution in [3.8, 4) is 17.2 Å². The first-order valence-electron chi connectivity index (χ1n) is 8.48. The molecule has 26 heavy (non-hydrogen) atoms. The van der Waals surface area contributed by atoms with Crippen LogP contribution in [0.15, 0.2) is 84.9 Å². The van der Waals surface area contributed by atoms with Gasteiger partial charge in [-0.25, -0.2) is 0 Å². The van der Waals surface area contributed by atoms with E-state index in [1.54, 1.807) is 24.1 Å². The molecule has 132 valence electrons. The van der Waals surface area contributed by atoms with Crippen molar-refractivity contribution < 1.29 is 14.3 Å². The smallest absolute Gasteiger partial charge is 0.253 e. The van der Waals surface area contributed by atoms with Gasteiger partial charge in [-0.2, -0.15) is 0 Å². The first-order chi connectivity index (χ1) is 12.7. The lowest BCUT2D eigenvalue weighted by Crippen LogP contribution is -2.30. The van der Waals surface area contributed by atoms with Crippen molar-refractivity contribution in [1.29, 1.82) is 0 Å². The topological polar surface area (TPSA) is 38.8 Å². The number of para-hydroxylation sites is 2. The maximum absolute atomic E-state index is 12.6. The van der Waals surface area contributed by atoms with E-state index in [4.69, 9.17) is 9.47 Å². The Morgan fingerprint density at radius 2 is 1.42 bits per heavy atom. The fraction of sp³-hybridized carbons (Fsp3) is 0.136. The van der Waals surface area contributed by atoms with Crippen LogP contribution in [0, 0.1) is 0 Å². The molecule has 0 saturated heterocycles. The number of likely N-dealkylation sites (N-methyl/N-ethyl adjacent to an activating group) is 1. The highest BCUT2D eigenvalue weighted by molar-refractivity contribution is 5.94. The molecule has 1 amide bonds. The largest absolute Gasteiger partial charge is 0.492 e. The molecule has 3 aromatic carbocycles. The quantitative estimate of drug-likeness (QED) is 0.625. The van der Waals surface area contributed by atoms with E-state index in [9.17, 15) is 4.79 Å². The number of hydrogen-bond acceptors (Lipinski definition) is 3. The maximum Gasteiger partial charge on any atom is 0.253 e. The van der Waals surface area contributed by atoms with Crippen LogP contribution in [-0.4, -0.2) is 31.0 Å². The average molecular weight is 347 g/mol. The minimum Gasteiger partial charge on any atom is -0.492 e. The van der Waals surface area contributed by atoms with Gasteiger partial charge in [0.15, 0.2) is 0 Å². The molecular formula is C22H21NO3. The lowest BCUT2D eigenvalue weighted by molar-refractivity contribution is 0.0773. The molecular weight excluding hydrogens is 326 g/mol. The number of benzene rings is 3. The van der Waals surface area contributed by atoms with E-state index in [0.717, 1.165) is 11.5 Å². The molecule has 0 spiro atoms. The highest BCUT2D eigenvalue weighted by Crippen LogP contribution is 2.22. The molecule has 0 saturated carbocycles. The SMILES string of the molecule is CN(CCOc1ccccc1)C(=O)c1cccc(Oc2ccccc2)c1. The molecule has 0 unspecified atom stereocenters. The Bertz CT molecular complexity index is 834. The summed E-state index contributed by atoms with van der Waals surface area (Å²) in [5, 5.41) is 0. The molecule has 0 aromatic heterocycles. The minimum absolute atomic E-state index is 0.0693. The standard InChI is InChI=1S/C22H21NO3/c1-23(15-16-25-19-10-4-2-5-11-19)22(24)18-9-8-14-21(17-18)26-20-12-6-3-7-13-20/h2-14,17H,15-16H2,1H3. The average Bonchev–Trinajstić information content (AvgIpc) is 2.69. The van der Waals surface area contributed by atoms with Gasteiger partial charge in [-0.1, -0.05) is 42.5 Å².